The summed E-state index contributed by atoms with van der Waals surface area (Å²) in [6.07, 6.45) is 3.19. The maximum absolute atomic E-state index is 12.2. The number of hydrogen-bond donors (Lipinski definition) is 1. The van der Waals surface area contributed by atoms with Crippen molar-refractivity contribution in [1.29, 1.82) is 0 Å². The largest absolute Gasteiger partial charge is 0.481 e. The predicted molar refractivity (Wildman–Crippen MR) is 99.5 cm³/mol. The van der Waals surface area contributed by atoms with Crippen molar-refractivity contribution in [2.45, 2.75) is 52.2 Å². The number of nitrogens with zero attached hydrogens (tertiary/aromatic N) is 2. The molecule has 1 aromatic heterocycles. The van der Waals surface area contributed by atoms with Crippen LogP contribution in [0.3, 0.4) is 0 Å². The summed E-state index contributed by atoms with van der Waals surface area (Å²) in [5, 5.41) is 2.80. The van der Waals surface area contributed by atoms with Gasteiger partial charge >= 0.3 is 0 Å². The van der Waals surface area contributed by atoms with Gasteiger partial charge in [-0.15, -0.1) is 0 Å². The lowest BCUT2D eigenvalue weighted by Gasteiger charge is -2.16. The molecule has 138 valence electrons. The quantitative estimate of drug-likeness (QED) is 0.827. The van der Waals surface area contributed by atoms with Crippen molar-refractivity contribution in [1.82, 2.24) is 14.9 Å². The summed E-state index contributed by atoms with van der Waals surface area (Å²) < 4.78 is 7.21. The number of nitrogens with one attached hydrogen (secondary N) is 1. The van der Waals surface area contributed by atoms with E-state index in [0.29, 0.717) is 24.8 Å². The second kappa shape index (κ2) is 7.72. The Morgan fingerprint density at radius 3 is 2.73 bits per heavy atom. The van der Waals surface area contributed by atoms with Gasteiger partial charge in [-0.25, -0.2) is 4.98 Å². The second-order valence-electron chi connectivity index (χ2n) is 6.92. The highest BCUT2D eigenvalue weighted by Gasteiger charge is 2.25. The van der Waals surface area contributed by atoms with E-state index in [2.05, 4.69) is 10.3 Å². The Balaban J connectivity index is 1.48. The fourth-order valence-electron chi connectivity index (χ4n) is 2.70. The first kappa shape index (κ1) is 18.2. The summed E-state index contributed by atoms with van der Waals surface area (Å²) in [5.41, 5.74) is 3.11. The zero-order valence-corrected chi connectivity index (χ0v) is 15.5. The van der Waals surface area contributed by atoms with Gasteiger partial charge in [-0.1, -0.05) is 6.07 Å². The van der Waals surface area contributed by atoms with E-state index >= 15 is 0 Å². The Morgan fingerprint density at radius 1 is 1.31 bits per heavy atom. The van der Waals surface area contributed by atoms with Gasteiger partial charge in [0.25, 0.3) is 11.5 Å². The Hall–Kier alpha value is -2.63. The molecule has 1 fully saturated rings. The van der Waals surface area contributed by atoms with E-state index in [0.717, 1.165) is 24.1 Å². The summed E-state index contributed by atoms with van der Waals surface area (Å²) in [5.74, 6) is 0.922. The first-order valence-electron chi connectivity index (χ1n) is 9.02. The minimum absolute atomic E-state index is 0.0735. The molecule has 1 amide bonds. The third kappa shape index (κ3) is 4.50. The zero-order chi connectivity index (χ0) is 18.7. The van der Waals surface area contributed by atoms with Crippen molar-refractivity contribution in [2.75, 3.05) is 6.54 Å². The van der Waals surface area contributed by atoms with E-state index in [-0.39, 0.29) is 11.5 Å². The topological polar surface area (TPSA) is 73.2 Å². The van der Waals surface area contributed by atoms with Gasteiger partial charge in [0, 0.05) is 25.1 Å². The molecule has 6 nitrogen and oxygen atoms in total. The minimum atomic E-state index is -0.607. The molecule has 1 aliphatic carbocycles. The molecule has 0 radical (unpaired) electrons. The highest BCUT2D eigenvalue weighted by atomic mass is 16.5. The Bertz CT molecular complexity index is 856. The molecule has 0 bridgehead atoms. The molecule has 1 aromatic carbocycles. The maximum Gasteiger partial charge on any atom is 0.260 e. The van der Waals surface area contributed by atoms with Crippen LogP contribution in [0.2, 0.25) is 0 Å². The van der Waals surface area contributed by atoms with E-state index in [1.165, 1.54) is 10.1 Å². The van der Waals surface area contributed by atoms with Crippen LogP contribution in [0.1, 0.15) is 42.5 Å². The number of hydrogen-bond acceptors (Lipinski definition) is 4. The van der Waals surface area contributed by atoms with Crippen molar-refractivity contribution in [3.05, 3.63) is 57.8 Å². The summed E-state index contributed by atoms with van der Waals surface area (Å²) in [6.45, 7) is 6.49. The van der Waals surface area contributed by atoms with E-state index < -0.39 is 6.10 Å². The summed E-state index contributed by atoms with van der Waals surface area (Å²) >= 11 is 0. The van der Waals surface area contributed by atoms with Crippen molar-refractivity contribution in [3.63, 3.8) is 0 Å². The minimum Gasteiger partial charge on any atom is -0.481 e. The van der Waals surface area contributed by atoms with Crippen molar-refractivity contribution in [3.8, 4) is 5.75 Å². The summed E-state index contributed by atoms with van der Waals surface area (Å²) in [4.78, 5) is 28.6. The number of aryl methyl sites for hydroxylation is 2. The highest BCUT2D eigenvalue weighted by Crippen LogP contribution is 2.38. The molecule has 1 unspecified atom stereocenters. The molecule has 1 saturated carbocycles. The number of amides is 1. The van der Waals surface area contributed by atoms with Crippen LogP contribution in [0.15, 0.2) is 35.4 Å². The average molecular weight is 355 g/mol. The lowest BCUT2D eigenvalue weighted by Crippen LogP contribution is -2.38. The second-order valence-corrected chi connectivity index (χ2v) is 6.92. The third-order valence-corrected chi connectivity index (χ3v) is 4.71. The highest BCUT2D eigenvalue weighted by molar-refractivity contribution is 5.80. The van der Waals surface area contributed by atoms with Crippen LogP contribution in [0.4, 0.5) is 0 Å². The van der Waals surface area contributed by atoms with Crippen molar-refractivity contribution >= 4 is 5.91 Å². The molecule has 3 rings (SSSR count). The number of benzene rings is 1. The number of aromatic nitrogens is 2. The average Bonchev–Trinajstić information content (AvgIpc) is 3.44. The monoisotopic (exact) mass is 355 g/mol. The first-order chi connectivity index (χ1) is 12.4. The third-order valence-electron chi connectivity index (χ3n) is 4.71. The molecule has 2 aromatic rings. The Kier molecular flexibility index (Phi) is 5.40. The summed E-state index contributed by atoms with van der Waals surface area (Å²) in [6, 6.07) is 7.36. The molecule has 0 aliphatic heterocycles. The van der Waals surface area contributed by atoms with E-state index in [4.69, 9.17) is 4.74 Å². The number of ether oxygens (including phenoxy) is 1. The first-order valence-corrected chi connectivity index (χ1v) is 9.02. The fraction of sp³-hybridized carbons (Fsp3) is 0.450. The van der Waals surface area contributed by atoms with Crippen LogP contribution >= 0.6 is 0 Å². The van der Waals surface area contributed by atoms with Crippen molar-refractivity contribution in [2.24, 2.45) is 0 Å². The van der Waals surface area contributed by atoms with Crippen molar-refractivity contribution < 1.29 is 9.53 Å². The van der Waals surface area contributed by atoms with Gasteiger partial charge in [0.1, 0.15) is 5.75 Å². The van der Waals surface area contributed by atoms with Crippen LogP contribution in [0.5, 0.6) is 5.75 Å². The fourth-order valence-corrected chi connectivity index (χ4v) is 2.70. The molecular formula is C20H25N3O3. The van der Waals surface area contributed by atoms with Crippen LogP contribution in [0, 0.1) is 13.8 Å². The van der Waals surface area contributed by atoms with Crippen LogP contribution in [-0.4, -0.2) is 28.1 Å². The smallest absolute Gasteiger partial charge is 0.260 e. The van der Waals surface area contributed by atoms with E-state index in [9.17, 15) is 9.59 Å². The standard InChI is InChI=1S/C20H25N3O3/c1-13-4-7-17(10-14(13)2)26-15(3)20(25)21-8-9-23-12-22-18(11-19(23)24)16-5-6-16/h4,7,10-12,15-16H,5-6,8-9H2,1-3H3,(H,21,25). The Labute approximate surface area is 153 Å². The van der Waals surface area contributed by atoms with Gasteiger partial charge in [-0.2, -0.15) is 0 Å². The molecule has 26 heavy (non-hydrogen) atoms. The molecule has 1 heterocycles. The van der Waals surface area contributed by atoms with E-state index in [1.54, 1.807) is 19.3 Å². The molecule has 0 spiro atoms. The zero-order valence-electron chi connectivity index (χ0n) is 15.5. The molecule has 1 N–H and O–H groups in total. The van der Waals surface area contributed by atoms with Gasteiger partial charge in [0.2, 0.25) is 0 Å². The Morgan fingerprint density at radius 2 is 2.08 bits per heavy atom. The molecular weight excluding hydrogens is 330 g/mol. The lowest BCUT2D eigenvalue weighted by atomic mass is 10.1. The normalized spacial score (nSPS) is 14.7. The van der Waals surface area contributed by atoms with Gasteiger partial charge < -0.3 is 10.1 Å². The SMILES string of the molecule is Cc1ccc(OC(C)C(=O)NCCn2cnc(C3CC3)cc2=O)cc1C. The van der Waals surface area contributed by atoms with Gasteiger partial charge in [-0.3, -0.25) is 14.2 Å². The van der Waals surface area contributed by atoms with Crippen LogP contribution < -0.4 is 15.6 Å². The van der Waals surface area contributed by atoms with Gasteiger partial charge in [-0.05, 0) is 56.9 Å². The molecule has 6 heteroatoms. The van der Waals surface area contributed by atoms with Crippen LogP contribution in [-0.2, 0) is 11.3 Å². The molecule has 0 saturated heterocycles. The number of rotatable bonds is 7. The summed E-state index contributed by atoms with van der Waals surface area (Å²) in [7, 11) is 0. The van der Waals surface area contributed by atoms with Gasteiger partial charge in [0.15, 0.2) is 6.10 Å². The number of carbonyl (C=O) groups is 1. The number of carbonyl (C=O) groups excluding carboxylic acids is 1. The maximum atomic E-state index is 12.2. The van der Waals surface area contributed by atoms with E-state index in [1.807, 2.05) is 32.0 Å². The van der Waals surface area contributed by atoms with Crippen LogP contribution in [0.25, 0.3) is 0 Å². The lowest BCUT2D eigenvalue weighted by molar-refractivity contribution is -0.127. The predicted octanol–water partition coefficient (Wildman–Crippen LogP) is 2.32. The molecule has 1 atom stereocenters. The molecule has 1 aliphatic rings. The van der Waals surface area contributed by atoms with Gasteiger partial charge in [0.05, 0.1) is 12.0 Å².